The highest BCUT2D eigenvalue weighted by Gasteiger charge is 2.16. The third kappa shape index (κ3) is 3.70. The molecule has 1 aromatic heterocycles. The SMILES string of the molecule is CCC[C@@H](O)c1cccc(OC2CCCCC2)n1. The van der Waals surface area contributed by atoms with Gasteiger partial charge in [-0.15, -0.1) is 0 Å². The van der Waals surface area contributed by atoms with Crippen LogP contribution in [0.2, 0.25) is 0 Å². The summed E-state index contributed by atoms with van der Waals surface area (Å²) < 4.78 is 5.90. The molecule has 1 atom stereocenters. The average molecular weight is 249 g/mol. The van der Waals surface area contributed by atoms with Crippen molar-refractivity contribution in [2.45, 2.75) is 64.1 Å². The van der Waals surface area contributed by atoms with E-state index in [0.29, 0.717) is 12.0 Å². The molecule has 3 nitrogen and oxygen atoms in total. The van der Waals surface area contributed by atoms with E-state index in [1.165, 1.54) is 19.3 Å². The predicted molar refractivity (Wildman–Crippen MR) is 71.6 cm³/mol. The molecule has 0 bridgehead atoms. The lowest BCUT2D eigenvalue weighted by molar-refractivity contribution is 0.140. The van der Waals surface area contributed by atoms with Gasteiger partial charge in [-0.2, -0.15) is 0 Å². The van der Waals surface area contributed by atoms with E-state index in [0.717, 1.165) is 31.4 Å². The second-order valence-corrected chi connectivity index (χ2v) is 5.08. The molecule has 0 saturated heterocycles. The first kappa shape index (κ1) is 13.3. The first-order valence-corrected chi connectivity index (χ1v) is 7.11. The van der Waals surface area contributed by atoms with Crippen LogP contribution in [0.3, 0.4) is 0 Å². The Bertz CT molecular complexity index is 361. The quantitative estimate of drug-likeness (QED) is 0.866. The summed E-state index contributed by atoms with van der Waals surface area (Å²) >= 11 is 0. The molecule has 0 aromatic carbocycles. The van der Waals surface area contributed by atoms with E-state index < -0.39 is 6.10 Å². The average Bonchev–Trinajstić information content (AvgIpc) is 2.40. The highest BCUT2D eigenvalue weighted by Crippen LogP contribution is 2.24. The lowest BCUT2D eigenvalue weighted by Crippen LogP contribution is -2.20. The van der Waals surface area contributed by atoms with Gasteiger partial charge >= 0.3 is 0 Å². The van der Waals surface area contributed by atoms with Crippen molar-refractivity contribution in [1.29, 1.82) is 0 Å². The lowest BCUT2D eigenvalue weighted by Gasteiger charge is -2.22. The van der Waals surface area contributed by atoms with Crippen LogP contribution in [-0.2, 0) is 0 Å². The van der Waals surface area contributed by atoms with Crippen molar-refractivity contribution in [3.63, 3.8) is 0 Å². The first-order chi connectivity index (χ1) is 8.79. The van der Waals surface area contributed by atoms with E-state index in [1.807, 2.05) is 18.2 Å². The summed E-state index contributed by atoms with van der Waals surface area (Å²) in [5.74, 6) is 0.662. The molecule has 1 heterocycles. The van der Waals surface area contributed by atoms with Crippen LogP contribution in [-0.4, -0.2) is 16.2 Å². The van der Waals surface area contributed by atoms with Crippen molar-refractivity contribution < 1.29 is 9.84 Å². The van der Waals surface area contributed by atoms with Crippen molar-refractivity contribution in [3.05, 3.63) is 23.9 Å². The molecule has 18 heavy (non-hydrogen) atoms. The van der Waals surface area contributed by atoms with Gasteiger partial charge in [-0.25, -0.2) is 4.98 Å². The Hall–Kier alpha value is -1.09. The number of pyridine rings is 1. The molecule has 100 valence electrons. The van der Waals surface area contributed by atoms with Crippen molar-refractivity contribution >= 4 is 0 Å². The van der Waals surface area contributed by atoms with Gasteiger partial charge in [0.25, 0.3) is 0 Å². The number of aromatic nitrogens is 1. The van der Waals surface area contributed by atoms with Gasteiger partial charge in [0.2, 0.25) is 5.88 Å². The van der Waals surface area contributed by atoms with Crippen LogP contribution >= 0.6 is 0 Å². The van der Waals surface area contributed by atoms with Crippen LogP contribution in [0.25, 0.3) is 0 Å². The normalized spacial score (nSPS) is 18.6. The Morgan fingerprint density at radius 3 is 2.83 bits per heavy atom. The molecule has 1 fully saturated rings. The van der Waals surface area contributed by atoms with Crippen LogP contribution in [0, 0.1) is 0 Å². The fraction of sp³-hybridized carbons (Fsp3) is 0.667. The van der Waals surface area contributed by atoms with Gasteiger partial charge in [0, 0.05) is 6.07 Å². The van der Waals surface area contributed by atoms with E-state index in [1.54, 1.807) is 0 Å². The molecule has 0 aliphatic heterocycles. The molecule has 3 heteroatoms. The Balaban J connectivity index is 1.97. The number of ether oxygens (including phenoxy) is 1. The van der Waals surface area contributed by atoms with Crippen molar-refractivity contribution in [2.24, 2.45) is 0 Å². The number of nitrogens with zero attached hydrogens (tertiary/aromatic N) is 1. The van der Waals surface area contributed by atoms with E-state index in [2.05, 4.69) is 11.9 Å². The minimum atomic E-state index is -0.468. The van der Waals surface area contributed by atoms with Crippen LogP contribution < -0.4 is 4.74 Å². The van der Waals surface area contributed by atoms with Gasteiger partial charge in [-0.1, -0.05) is 25.8 Å². The van der Waals surface area contributed by atoms with E-state index in [9.17, 15) is 5.11 Å². The molecule has 0 spiro atoms. The summed E-state index contributed by atoms with van der Waals surface area (Å²) in [5.41, 5.74) is 0.727. The van der Waals surface area contributed by atoms with Crippen molar-refractivity contribution in [1.82, 2.24) is 4.98 Å². The highest BCUT2D eigenvalue weighted by molar-refractivity contribution is 5.17. The molecule has 2 rings (SSSR count). The van der Waals surface area contributed by atoms with Gasteiger partial charge in [0.15, 0.2) is 0 Å². The largest absolute Gasteiger partial charge is 0.474 e. The third-order valence-corrected chi connectivity index (χ3v) is 3.49. The van der Waals surface area contributed by atoms with Crippen LogP contribution in [0.15, 0.2) is 18.2 Å². The summed E-state index contributed by atoms with van der Waals surface area (Å²) in [7, 11) is 0. The Kier molecular flexibility index (Phi) is 5.00. The topological polar surface area (TPSA) is 42.4 Å². The number of aliphatic hydroxyl groups excluding tert-OH is 1. The summed E-state index contributed by atoms with van der Waals surface area (Å²) in [5, 5.41) is 9.93. The summed E-state index contributed by atoms with van der Waals surface area (Å²) in [4.78, 5) is 4.41. The molecule has 1 N–H and O–H groups in total. The van der Waals surface area contributed by atoms with Crippen molar-refractivity contribution in [2.75, 3.05) is 0 Å². The maximum Gasteiger partial charge on any atom is 0.213 e. The van der Waals surface area contributed by atoms with Gasteiger partial charge in [-0.05, 0) is 38.2 Å². The van der Waals surface area contributed by atoms with Gasteiger partial charge in [-0.3, -0.25) is 0 Å². The lowest BCUT2D eigenvalue weighted by atomic mass is 9.98. The minimum absolute atomic E-state index is 0.310. The zero-order chi connectivity index (χ0) is 12.8. The molecule has 0 radical (unpaired) electrons. The molecule has 0 amide bonds. The number of rotatable bonds is 5. The predicted octanol–water partition coefficient (Wildman–Crippen LogP) is 3.63. The summed E-state index contributed by atoms with van der Waals surface area (Å²) in [6.45, 7) is 2.06. The molecule has 1 aromatic rings. The molecule has 0 unspecified atom stereocenters. The summed E-state index contributed by atoms with van der Waals surface area (Å²) in [6.07, 6.45) is 7.63. The molecular formula is C15H23NO2. The van der Waals surface area contributed by atoms with Crippen LogP contribution in [0.4, 0.5) is 0 Å². The van der Waals surface area contributed by atoms with Gasteiger partial charge in [0.05, 0.1) is 11.8 Å². The zero-order valence-corrected chi connectivity index (χ0v) is 11.1. The van der Waals surface area contributed by atoms with Crippen molar-refractivity contribution in [3.8, 4) is 5.88 Å². The third-order valence-electron chi connectivity index (χ3n) is 3.49. The van der Waals surface area contributed by atoms with Crippen LogP contribution in [0.1, 0.15) is 63.7 Å². The van der Waals surface area contributed by atoms with Gasteiger partial charge < -0.3 is 9.84 Å². The second-order valence-electron chi connectivity index (χ2n) is 5.08. The maximum absolute atomic E-state index is 9.93. The molecule has 1 aliphatic rings. The molecule has 1 saturated carbocycles. The fourth-order valence-electron chi connectivity index (χ4n) is 2.46. The minimum Gasteiger partial charge on any atom is -0.474 e. The number of hydrogen-bond acceptors (Lipinski definition) is 3. The Morgan fingerprint density at radius 1 is 1.33 bits per heavy atom. The zero-order valence-electron chi connectivity index (χ0n) is 11.1. The van der Waals surface area contributed by atoms with E-state index in [-0.39, 0.29) is 0 Å². The number of hydrogen-bond donors (Lipinski definition) is 1. The Morgan fingerprint density at radius 2 is 2.11 bits per heavy atom. The second kappa shape index (κ2) is 6.74. The molecular weight excluding hydrogens is 226 g/mol. The van der Waals surface area contributed by atoms with Crippen LogP contribution in [0.5, 0.6) is 5.88 Å². The monoisotopic (exact) mass is 249 g/mol. The van der Waals surface area contributed by atoms with E-state index >= 15 is 0 Å². The van der Waals surface area contributed by atoms with Gasteiger partial charge in [0.1, 0.15) is 6.10 Å². The summed E-state index contributed by atoms with van der Waals surface area (Å²) in [6, 6.07) is 5.67. The maximum atomic E-state index is 9.93. The van der Waals surface area contributed by atoms with E-state index in [4.69, 9.17) is 4.74 Å². The highest BCUT2D eigenvalue weighted by atomic mass is 16.5. The first-order valence-electron chi connectivity index (χ1n) is 7.11. The molecule has 1 aliphatic carbocycles. The Labute approximate surface area is 109 Å². The smallest absolute Gasteiger partial charge is 0.213 e. The standard InChI is InChI=1S/C15H23NO2/c1-2-7-14(17)13-10-6-11-15(16-13)18-12-8-4-3-5-9-12/h6,10-12,14,17H,2-5,7-9H2,1H3/t14-/m1/s1. The fourth-order valence-corrected chi connectivity index (χ4v) is 2.46. The number of aliphatic hydroxyl groups is 1.